The molecule has 2 aromatic carbocycles. The Hall–Kier alpha value is -2.75. The van der Waals surface area contributed by atoms with E-state index in [1.54, 1.807) is 12.0 Å². The Morgan fingerprint density at radius 3 is 2.41 bits per heavy atom. The van der Waals surface area contributed by atoms with Crippen molar-refractivity contribution in [2.24, 2.45) is 0 Å². The van der Waals surface area contributed by atoms with Crippen LogP contribution in [0.3, 0.4) is 0 Å². The molecule has 4 heteroatoms. The summed E-state index contributed by atoms with van der Waals surface area (Å²) in [5, 5.41) is 10.1. The minimum atomic E-state index is -0.324. The van der Waals surface area contributed by atoms with Gasteiger partial charge in [-0.2, -0.15) is 0 Å². The Bertz CT molecular complexity index is 705. The molecule has 22 heavy (non-hydrogen) atoms. The third-order valence-electron chi connectivity index (χ3n) is 3.78. The zero-order valence-corrected chi connectivity index (χ0v) is 12.3. The van der Waals surface area contributed by atoms with Crippen LogP contribution in [0, 0.1) is 0 Å². The van der Waals surface area contributed by atoms with E-state index < -0.39 is 0 Å². The minimum Gasteiger partial charge on any atom is -0.503 e. The molecule has 0 saturated carbocycles. The van der Waals surface area contributed by atoms with Gasteiger partial charge in [0.1, 0.15) is 5.75 Å². The molecule has 0 unspecified atom stereocenters. The Kier molecular flexibility index (Phi) is 3.83. The molecule has 0 fully saturated rings. The van der Waals surface area contributed by atoms with Crippen LogP contribution < -0.4 is 4.74 Å². The maximum absolute atomic E-state index is 12.2. The lowest BCUT2D eigenvalue weighted by molar-refractivity contribution is -0.128. The van der Waals surface area contributed by atoms with Gasteiger partial charge in [0.15, 0.2) is 5.76 Å². The predicted molar refractivity (Wildman–Crippen MR) is 84.4 cm³/mol. The number of carbonyl (C=O) groups excluding carboxylic acids is 1. The highest BCUT2D eigenvalue weighted by Crippen LogP contribution is 2.27. The first-order valence-electron chi connectivity index (χ1n) is 7.09. The molecule has 0 spiro atoms. The van der Waals surface area contributed by atoms with Crippen molar-refractivity contribution in [1.29, 1.82) is 0 Å². The van der Waals surface area contributed by atoms with Crippen molar-refractivity contribution >= 4 is 11.5 Å². The third-order valence-corrected chi connectivity index (χ3v) is 3.78. The van der Waals surface area contributed by atoms with Crippen LogP contribution in [-0.4, -0.2) is 29.6 Å². The largest absolute Gasteiger partial charge is 0.503 e. The lowest BCUT2D eigenvalue weighted by atomic mass is 10.1. The number of carbonyl (C=O) groups is 1. The molecule has 0 aliphatic carbocycles. The lowest BCUT2D eigenvalue weighted by Gasteiger charge is -2.16. The van der Waals surface area contributed by atoms with Crippen LogP contribution in [0.2, 0.25) is 0 Å². The van der Waals surface area contributed by atoms with E-state index in [1.807, 2.05) is 54.6 Å². The van der Waals surface area contributed by atoms with Gasteiger partial charge < -0.3 is 14.7 Å². The molecule has 2 aromatic rings. The quantitative estimate of drug-likeness (QED) is 0.943. The van der Waals surface area contributed by atoms with Gasteiger partial charge in [-0.3, -0.25) is 4.79 Å². The number of ether oxygens (including phenoxy) is 1. The van der Waals surface area contributed by atoms with Crippen molar-refractivity contribution < 1.29 is 14.6 Å². The number of nitrogens with zero attached hydrogens (tertiary/aromatic N) is 1. The summed E-state index contributed by atoms with van der Waals surface area (Å²) in [5.74, 6) is 0.303. The fraction of sp³-hybridized carbons (Fsp3) is 0.167. The van der Waals surface area contributed by atoms with Crippen molar-refractivity contribution in [3.8, 4) is 5.75 Å². The first-order chi connectivity index (χ1) is 10.7. The first kappa shape index (κ1) is 14.2. The van der Waals surface area contributed by atoms with Crippen LogP contribution in [0.4, 0.5) is 0 Å². The van der Waals surface area contributed by atoms with Gasteiger partial charge in [-0.05, 0) is 23.3 Å². The van der Waals surface area contributed by atoms with E-state index in [-0.39, 0.29) is 11.7 Å². The van der Waals surface area contributed by atoms with E-state index in [9.17, 15) is 9.90 Å². The Morgan fingerprint density at radius 2 is 1.77 bits per heavy atom. The van der Waals surface area contributed by atoms with Crippen LogP contribution >= 0.6 is 0 Å². The molecule has 1 aliphatic rings. The predicted octanol–water partition coefficient (Wildman–Crippen LogP) is 3.01. The van der Waals surface area contributed by atoms with Gasteiger partial charge in [0.25, 0.3) is 5.91 Å². The van der Waals surface area contributed by atoms with Crippen molar-refractivity contribution in [2.75, 3.05) is 13.7 Å². The number of hydrogen-bond donors (Lipinski definition) is 1. The molecule has 0 atom stereocenters. The lowest BCUT2D eigenvalue weighted by Crippen LogP contribution is -2.26. The van der Waals surface area contributed by atoms with E-state index in [2.05, 4.69) is 0 Å². The number of aliphatic hydroxyl groups is 1. The summed E-state index contributed by atoms with van der Waals surface area (Å²) in [7, 11) is 1.62. The molecule has 1 heterocycles. The Labute approximate surface area is 129 Å². The van der Waals surface area contributed by atoms with E-state index in [4.69, 9.17) is 4.74 Å². The SMILES string of the molecule is COc1ccc(CN2CC(c3ccccc3)=C(O)C2=O)cc1. The highest BCUT2D eigenvalue weighted by atomic mass is 16.5. The summed E-state index contributed by atoms with van der Waals surface area (Å²) in [6.45, 7) is 0.879. The molecular formula is C18H17NO3. The molecular weight excluding hydrogens is 278 g/mol. The first-order valence-corrected chi connectivity index (χ1v) is 7.09. The fourth-order valence-corrected chi connectivity index (χ4v) is 2.56. The number of aliphatic hydroxyl groups excluding tert-OH is 1. The molecule has 0 radical (unpaired) electrons. The second-order valence-corrected chi connectivity index (χ2v) is 5.20. The molecule has 0 bridgehead atoms. The summed E-state index contributed by atoms with van der Waals surface area (Å²) in [6, 6.07) is 17.1. The zero-order valence-electron chi connectivity index (χ0n) is 12.3. The summed E-state index contributed by atoms with van der Waals surface area (Å²) in [5.41, 5.74) is 2.56. The van der Waals surface area contributed by atoms with Crippen molar-refractivity contribution in [3.63, 3.8) is 0 Å². The molecule has 0 aromatic heterocycles. The topological polar surface area (TPSA) is 49.8 Å². The van der Waals surface area contributed by atoms with Crippen molar-refractivity contribution in [2.45, 2.75) is 6.54 Å². The van der Waals surface area contributed by atoms with Gasteiger partial charge in [0.05, 0.1) is 13.7 Å². The maximum Gasteiger partial charge on any atom is 0.289 e. The molecule has 4 nitrogen and oxygen atoms in total. The van der Waals surface area contributed by atoms with Gasteiger partial charge in [-0.25, -0.2) is 0 Å². The van der Waals surface area contributed by atoms with E-state index >= 15 is 0 Å². The van der Waals surface area contributed by atoms with Crippen LogP contribution in [-0.2, 0) is 11.3 Å². The highest BCUT2D eigenvalue weighted by Gasteiger charge is 2.30. The second kappa shape index (κ2) is 5.93. The van der Waals surface area contributed by atoms with Crippen molar-refractivity contribution in [3.05, 3.63) is 71.5 Å². The van der Waals surface area contributed by atoms with Crippen LogP contribution in [0.15, 0.2) is 60.4 Å². The van der Waals surface area contributed by atoms with E-state index in [0.29, 0.717) is 18.7 Å². The monoisotopic (exact) mass is 295 g/mol. The summed E-state index contributed by atoms with van der Waals surface area (Å²) in [6.07, 6.45) is 0. The van der Waals surface area contributed by atoms with E-state index in [1.165, 1.54) is 0 Å². The number of hydrogen-bond acceptors (Lipinski definition) is 3. The summed E-state index contributed by atoms with van der Waals surface area (Å²) < 4.78 is 5.12. The summed E-state index contributed by atoms with van der Waals surface area (Å²) in [4.78, 5) is 13.8. The highest BCUT2D eigenvalue weighted by molar-refractivity contribution is 6.03. The van der Waals surface area contributed by atoms with Crippen LogP contribution in [0.25, 0.3) is 5.57 Å². The minimum absolute atomic E-state index is 0.153. The molecule has 3 rings (SSSR count). The second-order valence-electron chi connectivity index (χ2n) is 5.20. The normalized spacial score (nSPS) is 14.6. The standard InChI is InChI=1S/C18H17NO3/c1-22-15-9-7-13(8-10-15)11-19-12-16(17(20)18(19)21)14-5-3-2-4-6-14/h2-10,20H,11-12H2,1H3. The third kappa shape index (κ3) is 2.68. The zero-order chi connectivity index (χ0) is 15.5. The summed E-state index contributed by atoms with van der Waals surface area (Å²) >= 11 is 0. The van der Waals surface area contributed by atoms with Gasteiger partial charge in [-0.1, -0.05) is 42.5 Å². The van der Waals surface area contributed by atoms with Crippen molar-refractivity contribution in [1.82, 2.24) is 4.90 Å². The smallest absolute Gasteiger partial charge is 0.289 e. The molecule has 112 valence electrons. The van der Waals surface area contributed by atoms with Gasteiger partial charge >= 0.3 is 0 Å². The molecule has 1 N–H and O–H groups in total. The van der Waals surface area contributed by atoms with Gasteiger partial charge in [0, 0.05) is 12.1 Å². The Balaban J connectivity index is 1.76. The molecule has 1 amide bonds. The van der Waals surface area contributed by atoms with Crippen LogP contribution in [0.1, 0.15) is 11.1 Å². The molecule has 1 aliphatic heterocycles. The number of methoxy groups -OCH3 is 1. The number of benzene rings is 2. The fourth-order valence-electron chi connectivity index (χ4n) is 2.56. The van der Waals surface area contributed by atoms with Gasteiger partial charge in [-0.15, -0.1) is 0 Å². The van der Waals surface area contributed by atoms with Gasteiger partial charge in [0.2, 0.25) is 0 Å². The molecule has 0 saturated heterocycles. The van der Waals surface area contributed by atoms with Crippen LogP contribution in [0.5, 0.6) is 5.75 Å². The maximum atomic E-state index is 12.2. The Morgan fingerprint density at radius 1 is 1.09 bits per heavy atom. The van der Waals surface area contributed by atoms with E-state index in [0.717, 1.165) is 16.9 Å². The number of amides is 1. The average molecular weight is 295 g/mol. The number of rotatable bonds is 4. The average Bonchev–Trinajstić information content (AvgIpc) is 2.85.